The molecule has 0 saturated carbocycles. The summed E-state index contributed by atoms with van der Waals surface area (Å²) in [7, 11) is 0. The molecule has 3 rings (SSSR count). The third-order valence-electron chi connectivity index (χ3n) is 4.25. The van der Waals surface area contributed by atoms with Gasteiger partial charge in [-0.25, -0.2) is 9.97 Å². The first-order chi connectivity index (χ1) is 12.6. The molecule has 1 aromatic carbocycles. The van der Waals surface area contributed by atoms with E-state index in [9.17, 15) is 9.59 Å². The number of amides is 2. The number of hydrogen-bond acceptors (Lipinski definition) is 5. The van der Waals surface area contributed by atoms with Crippen molar-refractivity contribution in [3.8, 4) is 0 Å². The van der Waals surface area contributed by atoms with Crippen molar-refractivity contribution in [2.45, 2.75) is 32.6 Å². The summed E-state index contributed by atoms with van der Waals surface area (Å²) < 4.78 is 0. The van der Waals surface area contributed by atoms with Gasteiger partial charge in [0.15, 0.2) is 0 Å². The Morgan fingerprint density at radius 2 is 1.50 bits per heavy atom. The Morgan fingerprint density at radius 3 is 2.08 bits per heavy atom. The molecule has 26 heavy (non-hydrogen) atoms. The van der Waals surface area contributed by atoms with Crippen molar-refractivity contribution < 1.29 is 9.59 Å². The van der Waals surface area contributed by atoms with Crippen molar-refractivity contribution >= 4 is 29.1 Å². The minimum absolute atomic E-state index is 0.149. The number of aromatic nitrogens is 2. The average Bonchev–Trinajstić information content (AvgIpc) is 2.92. The van der Waals surface area contributed by atoms with E-state index in [2.05, 4.69) is 25.5 Å². The number of hydrogen-bond donors (Lipinski definition) is 2. The lowest BCUT2D eigenvalue weighted by Crippen LogP contribution is -2.26. The van der Waals surface area contributed by atoms with Crippen LogP contribution in [0.5, 0.6) is 0 Å². The summed E-state index contributed by atoms with van der Waals surface area (Å²) in [5, 5.41) is 5.46. The minimum atomic E-state index is -0.245. The second-order valence-corrected chi connectivity index (χ2v) is 6.39. The van der Waals surface area contributed by atoms with Crippen molar-refractivity contribution in [3.05, 3.63) is 42.2 Å². The van der Waals surface area contributed by atoms with Gasteiger partial charge in [-0.15, -0.1) is 0 Å². The number of rotatable bonds is 4. The molecule has 2 heterocycles. The van der Waals surface area contributed by atoms with Gasteiger partial charge in [0, 0.05) is 31.3 Å². The predicted octanol–water partition coefficient (Wildman–Crippen LogP) is 3.07. The molecule has 7 heteroatoms. The quantitative estimate of drug-likeness (QED) is 0.882. The molecule has 1 aliphatic rings. The van der Waals surface area contributed by atoms with E-state index < -0.39 is 0 Å². The van der Waals surface area contributed by atoms with Crippen molar-refractivity contribution in [2.75, 3.05) is 28.6 Å². The maximum absolute atomic E-state index is 12.3. The number of anilines is 3. The number of carbonyl (C=O) groups excluding carboxylic acids is 2. The number of nitrogens with zero attached hydrogens (tertiary/aromatic N) is 3. The highest BCUT2D eigenvalue weighted by molar-refractivity contribution is 6.04. The van der Waals surface area contributed by atoms with Crippen LogP contribution in [-0.2, 0) is 4.79 Å². The SMILES string of the molecule is CC(=O)Nc1ccc(C(=O)Nc2cnc(N3CCCCCC3)nc2)cc1. The zero-order valence-electron chi connectivity index (χ0n) is 14.9. The lowest BCUT2D eigenvalue weighted by molar-refractivity contribution is -0.114. The van der Waals surface area contributed by atoms with Crippen LogP contribution >= 0.6 is 0 Å². The monoisotopic (exact) mass is 353 g/mol. The van der Waals surface area contributed by atoms with Crippen LogP contribution in [0, 0.1) is 0 Å². The van der Waals surface area contributed by atoms with Crippen LogP contribution < -0.4 is 15.5 Å². The fourth-order valence-corrected chi connectivity index (χ4v) is 2.93. The number of nitrogens with one attached hydrogen (secondary N) is 2. The Kier molecular flexibility index (Phi) is 5.78. The van der Waals surface area contributed by atoms with Crippen LogP contribution in [0.1, 0.15) is 43.0 Å². The van der Waals surface area contributed by atoms with Gasteiger partial charge in [-0.1, -0.05) is 12.8 Å². The van der Waals surface area contributed by atoms with Crippen molar-refractivity contribution in [1.29, 1.82) is 0 Å². The zero-order valence-corrected chi connectivity index (χ0v) is 14.9. The molecule has 0 bridgehead atoms. The van der Waals surface area contributed by atoms with E-state index in [-0.39, 0.29) is 11.8 Å². The molecule has 0 aliphatic carbocycles. The smallest absolute Gasteiger partial charge is 0.255 e. The second kappa shape index (κ2) is 8.42. The molecule has 0 radical (unpaired) electrons. The van der Waals surface area contributed by atoms with Crippen molar-refractivity contribution in [2.24, 2.45) is 0 Å². The lowest BCUT2D eigenvalue weighted by Gasteiger charge is -2.19. The van der Waals surface area contributed by atoms with Gasteiger partial charge in [0.2, 0.25) is 11.9 Å². The second-order valence-electron chi connectivity index (χ2n) is 6.39. The van der Waals surface area contributed by atoms with E-state index in [4.69, 9.17) is 0 Å². The summed E-state index contributed by atoms with van der Waals surface area (Å²) in [5.74, 6) is 0.318. The molecule has 136 valence electrons. The van der Waals surface area contributed by atoms with Gasteiger partial charge in [0.1, 0.15) is 0 Å². The lowest BCUT2D eigenvalue weighted by atomic mass is 10.2. The van der Waals surface area contributed by atoms with Crippen LogP contribution in [0.15, 0.2) is 36.7 Å². The molecule has 1 fully saturated rings. The standard InChI is InChI=1S/C19H23N5O2/c1-14(25)22-16-8-6-15(7-9-16)18(26)23-17-12-20-19(21-13-17)24-10-4-2-3-5-11-24/h6-9,12-13H,2-5,10-11H2,1H3,(H,22,25)(H,23,26). The fraction of sp³-hybridized carbons (Fsp3) is 0.368. The van der Waals surface area contributed by atoms with Crippen LogP contribution in [0.3, 0.4) is 0 Å². The highest BCUT2D eigenvalue weighted by Gasteiger charge is 2.13. The fourth-order valence-electron chi connectivity index (χ4n) is 2.93. The Morgan fingerprint density at radius 1 is 0.885 bits per heavy atom. The summed E-state index contributed by atoms with van der Waals surface area (Å²) in [6.45, 7) is 3.40. The third kappa shape index (κ3) is 4.78. The minimum Gasteiger partial charge on any atom is -0.341 e. The van der Waals surface area contributed by atoms with Crippen LogP contribution in [0.25, 0.3) is 0 Å². The predicted molar refractivity (Wildman–Crippen MR) is 101 cm³/mol. The first-order valence-electron chi connectivity index (χ1n) is 8.88. The van der Waals surface area contributed by atoms with E-state index in [0.717, 1.165) is 25.9 Å². The van der Waals surface area contributed by atoms with Crippen molar-refractivity contribution in [3.63, 3.8) is 0 Å². The molecule has 1 aliphatic heterocycles. The molecule has 0 atom stereocenters. The highest BCUT2D eigenvalue weighted by atomic mass is 16.2. The van der Waals surface area contributed by atoms with Gasteiger partial charge < -0.3 is 15.5 Å². The molecule has 2 amide bonds. The summed E-state index contributed by atoms with van der Waals surface area (Å²) in [5.41, 5.74) is 1.70. The van der Waals surface area contributed by atoms with Gasteiger partial charge in [-0.3, -0.25) is 9.59 Å². The van der Waals surface area contributed by atoms with E-state index in [0.29, 0.717) is 22.9 Å². The maximum Gasteiger partial charge on any atom is 0.255 e. The molecule has 0 spiro atoms. The summed E-state index contributed by atoms with van der Waals surface area (Å²) in [4.78, 5) is 34.3. The molecule has 0 unspecified atom stereocenters. The topological polar surface area (TPSA) is 87.2 Å². The third-order valence-corrected chi connectivity index (χ3v) is 4.25. The molecular formula is C19H23N5O2. The van der Waals surface area contributed by atoms with Gasteiger partial charge in [-0.05, 0) is 37.1 Å². The van der Waals surface area contributed by atoms with Gasteiger partial charge in [-0.2, -0.15) is 0 Å². The van der Waals surface area contributed by atoms with Crippen LogP contribution in [0.4, 0.5) is 17.3 Å². The molecular weight excluding hydrogens is 330 g/mol. The summed E-state index contributed by atoms with van der Waals surface area (Å²) in [6.07, 6.45) is 8.11. The Hall–Kier alpha value is -2.96. The Labute approximate surface area is 152 Å². The Balaban J connectivity index is 1.61. The van der Waals surface area contributed by atoms with Gasteiger partial charge >= 0.3 is 0 Å². The zero-order chi connectivity index (χ0) is 18.4. The van der Waals surface area contributed by atoms with E-state index in [1.165, 1.54) is 19.8 Å². The number of carbonyl (C=O) groups is 2. The Bertz CT molecular complexity index is 751. The molecule has 2 N–H and O–H groups in total. The molecule has 1 saturated heterocycles. The maximum atomic E-state index is 12.3. The summed E-state index contributed by atoms with van der Waals surface area (Å²) >= 11 is 0. The van der Waals surface area contributed by atoms with Gasteiger partial charge in [0.25, 0.3) is 5.91 Å². The molecule has 2 aromatic rings. The van der Waals surface area contributed by atoms with E-state index >= 15 is 0 Å². The van der Waals surface area contributed by atoms with Gasteiger partial charge in [0.05, 0.1) is 18.1 Å². The van der Waals surface area contributed by atoms with E-state index in [1.807, 2.05) is 0 Å². The van der Waals surface area contributed by atoms with Crippen molar-refractivity contribution in [1.82, 2.24) is 9.97 Å². The molecule has 7 nitrogen and oxygen atoms in total. The van der Waals surface area contributed by atoms with Crippen LogP contribution in [0.2, 0.25) is 0 Å². The van der Waals surface area contributed by atoms with E-state index in [1.54, 1.807) is 36.7 Å². The molecule has 1 aromatic heterocycles. The highest BCUT2D eigenvalue weighted by Crippen LogP contribution is 2.17. The largest absolute Gasteiger partial charge is 0.341 e. The first kappa shape index (κ1) is 17.8. The average molecular weight is 353 g/mol. The normalized spacial score (nSPS) is 14.4. The van der Waals surface area contributed by atoms with Crippen LogP contribution in [-0.4, -0.2) is 34.9 Å². The summed E-state index contributed by atoms with van der Waals surface area (Å²) in [6, 6.07) is 6.70. The first-order valence-corrected chi connectivity index (χ1v) is 8.88. The number of benzene rings is 1.